The van der Waals surface area contributed by atoms with E-state index in [1.54, 1.807) is 0 Å². The summed E-state index contributed by atoms with van der Waals surface area (Å²) in [5.74, 6) is -0.188. The van der Waals surface area contributed by atoms with E-state index in [0.717, 1.165) is 11.1 Å². The van der Waals surface area contributed by atoms with E-state index in [1.165, 1.54) is 10.5 Å². The second kappa shape index (κ2) is 7.30. The van der Waals surface area contributed by atoms with Gasteiger partial charge in [0.05, 0.1) is 6.67 Å². The molecule has 1 N–H and O–H groups in total. The number of aryl methyl sites for hydroxylation is 1. The Balaban J connectivity index is 1.75. The number of amides is 3. The first-order valence-electron chi connectivity index (χ1n) is 8.90. The van der Waals surface area contributed by atoms with Crippen LogP contribution in [0.25, 0.3) is 0 Å². The van der Waals surface area contributed by atoms with Crippen LogP contribution in [0.2, 0.25) is 0 Å². The van der Waals surface area contributed by atoms with Gasteiger partial charge in [-0.25, -0.2) is 9.69 Å². The smallest absolute Gasteiger partial charge is 0.319 e. The predicted molar refractivity (Wildman–Crippen MR) is 101 cm³/mol. The van der Waals surface area contributed by atoms with Crippen molar-refractivity contribution in [1.29, 1.82) is 0 Å². The topological polar surface area (TPSA) is 52.7 Å². The zero-order chi connectivity index (χ0) is 18.7. The highest BCUT2D eigenvalue weighted by Crippen LogP contribution is 2.32. The molecule has 2 aromatic carbocycles. The molecule has 0 aliphatic carbocycles. The van der Waals surface area contributed by atoms with Gasteiger partial charge in [-0.3, -0.25) is 9.69 Å². The fourth-order valence-corrected chi connectivity index (χ4v) is 3.41. The van der Waals surface area contributed by atoms with E-state index < -0.39 is 5.54 Å². The summed E-state index contributed by atoms with van der Waals surface area (Å²) in [7, 11) is 1.91. The summed E-state index contributed by atoms with van der Waals surface area (Å²) >= 11 is 0. The molecule has 0 spiro atoms. The van der Waals surface area contributed by atoms with Crippen molar-refractivity contribution in [3.63, 3.8) is 0 Å². The third-order valence-corrected chi connectivity index (χ3v) is 4.93. The number of hydrogen-bond donors (Lipinski definition) is 1. The first-order valence-corrected chi connectivity index (χ1v) is 8.90. The highest BCUT2D eigenvalue weighted by molar-refractivity contribution is 6.07. The number of benzene rings is 2. The lowest BCUT2D eigenvalue weighted by molar-refractivity contribution is -0.133. The Morgan fingerprint density at radius 3 is 2.31 bits per heavy atom. The molecule has 5 heteroatoms. The average molecular weight is 351 g/mol. The number of rotatable bonds is 6. The molecule has 1 saturated heterocycles. The van der Waals surface area contributed by atoms with Crippen molar-refractivity contribution in [2.24, 2.45) is 0 Å². The maximum atomic E-state index is 13.1. The van der Waals surface area contributed by atoms with Crippen LogP contribution in [0.4, 0.5) is 4.79 Å². The third-order valence-electron chi connectivity index (χ3n) is 4.93. The van der Waals surface area contributed by atoms with Crippen molar-refractivity contribution in [2.75, 3.05) is 13.7 Å². The fourth-order valence-electron chi connectivity index (χ4n) is 3.41. The molecule has 1 atom stereocenters. The third kappa shape index (κ3) is 3.35. The van der Waals surface area contributed by atoms with Gasteiger partial charge >= 0.3 is 6.03 Å². The molecule has 1 heterocycles. The summed E-state index contributed by atoms with van der Waals surface area (Å²) in [5, 5.41) is 2.92. The molecule has 0 bridgehead atoms. The molecule has 2 aromatic rings. The van der Waals surface area contributed by atoms with Crippen molar-refractivity contribution in [3.05, 3.63) is 71.3 Å². The highest BCUT2D eigenvalue weighted by atomic mass is 16.2. The monoisotopic (exact) mass is 351 g/mol. The van der Waals surface area contributed by atoms with E-state index in [4.69, 9.17) is 0 Å². The maximum Gasteiger partial charge on any atom is 0.326 e. The number of imide groups is 1. The molecule has 1 fully saturated rings. The molecule has 26 heavy (non-hydrogen) atoms. The second-order valence-electron chi connectivity index (χ2n) is 6.93. The summed E-state index contributed by atoms with van der Waals surface area (Å²) in [5.41, 5.74) is 2.21. The van der Waals surface area contributed by atoms with Crippen LogP contribution >= 0.6 is 0 Å². The van der Waals surface area contributed by atoms with E-state index in [0.29, 0.717) is 13.0 Å². The summed E-state index contributed by atoms with van der Waals surface area (Å²) in [6.07, 6.45) is 0.514. The van der Waals surface area contributed by atoms with Gasteiger partial charge in [0.2, 0.25) is 0 Å². The van der Waals surface area contributed by atoms with Crippen molar-refractivity contribution < 1.29 is 9.59 Å². The molecule has 136 valence electrons. The lowest BCUT2D eigenvalue weighted by atomic mass is 9.87. The Labute approximate surface area is 154 Å². The van der Waals surface area contributed by atoms with Crippen molar-refractivity contribution in [3.8, 4) is 0 Å². The van der Waals surface area contributed by atoms with Crippen LogP contribution in [0.5, 0.6) is 0 Å². The number of hydrogen-bond acceptors (Lipinski definition) is 3. The molecule has 1 aliphatic rings. The molecule has 1 unspecified atom stereocenters. The first-order chi connectivity index (χ1) is 12.5. The van der Waals surface area contributed by atoms with Crippen LogP contribution in [0.15, 0.2) is 54.6 Å². The minimum absolute atomic E-state index is 0.188. The number of urea groups is 1. The lowest BCUT2D eigenvalue weighted by Crippen LogP contribution is -2.44. The number of nitrogens with zero attached hydrogens (tertiary/aromatic N) is 2. The van der Waals surface area contributed by atoms with Crippen molar-refractivity contribution in [1.82, 2.24) is 15.1 Å². The van der Waals surface area contributed by atoms with Crippen molar-refractivity contribution >= 4 is 11.9 Å². The normalized spacial score (nSPS) is 19.9. The van der Waals surface area contributed by atoms with Gasteiger partial charge in [0.25, 0.3) is 5.91 Å². The first kappa shape index (κ1) is 18.1. The lowest BCUT2D eigenvalue weighted by Gasteiger charge is -2.27. The van der Waals surface area contributed by atoms with Gasteiger partial charge < -0.3 is 5.32 Å². The Bertz CT molecular complexity index is 789. The summed E-state index contributed by atoms with van der Waals surface area (Å²) in [6, 6.07) is 17.4. The summed E-state index contributed by atoms with van der Waals surface area (Å²) < 4.78 is 0. The molecule has 3 rings (SSSR count). The van der Waals surface area contributed by atoms with Crippen LogP contribution in [0.1, 0.15) is 30.0 Å². The molecule has 0 aromatic heterocycles. The minimum atomic E-state index is -0.969. The van der Waals surface area contributed by atoms with Crippen LogP contribution < -0.4 is 5.32 Å². The van der Waals surface area contributed by atoms with Crippen LogP contribution in [-0.2, 0) is 16.9 Å². The van der Waals surface area contributed by atoms with E-state index in [1.807, 2.05) is 49.2 Å². The number of carbonyl (C=O) groups excluding carboxylic acids is 2. The van der Waals surface area contributed by atoms with Crippen LogP contribution in [0.3, 0.4) is 0 Å². The Morgan fingerprint density at radius 1 is 1.04 bits per heavy atom. The molecule has 3 amide bonds. The molecular weight excluding hydrogens is 326 g/mol. The van der Waals surface area contributed by atoms with E-state index >= 15 is 0 Å². The fraction of sp³-hybridized carbons (Fsp3) is 0.333. The Morgan fingerprint density at radius 2 is 1.69 bits per heavy atom. The van der Waals surface area contributed by atoms with Crippen LogP contribution in [0, 0.1) is 6.92 Å². The van der Waals surface area contributed by atoms with Gasteiger partial charge in [-0.05, 0) is 31.5 Å². The molecule has 1 aliphatic heterocycles. The minimum Gasteiger partial charge on any atom is -0.319 e. The average Bonchev–Trinajstić information content (AvgIpc) is 2.89. The van der Waals surface area contributed by atoms with Crippen molar-refractivity contribution in [2.45, 2.75) is 32.4 Å². The number of nitrogens with one attached hydrogen (secondary N) is 1. The largest absolute Gasteiger partial charge is 0.326 e. The van der Waals surface area contributed by atoms with E-state index in [9.17, 15) is 9.59 Å². The Hall–Kier alpha value is -2.66. The second-order valence-corrected chi connectivity index (χ2v) is 6.93. The van der Waals surface area contributed by atoms with Gasteiger partial charge in [-0.2, -0.15) is 0 Å². The Kier molecular flexibility index (Phi) is 5.09. The standard InChI is InChI=1S/C21H25N3O2/c1-4-21(18-8-6-5-7-9-18)19(25)24(20(26)22-21)15-23(3)14-17-12-10-16(2)11-13-17/h5-13H,4,14-15H2,1-3H3,(H,22,26). The predicted octanol–water partition coefficient (Wildman–Crippen LogP) is 3.24. The van der Waals surface area contributed by atoms with Gasteiger partial charge in [0.1, 0.15) is 5.54 Å². The molecular formula is C21H25N3O2. The maximum absolute atomic E-state index is 13.1. The molecule has 0 saturated carbocycles. The van der Waals surface area contributed by atoms with E-state index in [-0.39, 0.29) is 18.6 Å². The van der Waals surface area contributed by atoms with Crippen LogP contribution in [-0.4, -0.2) is 35.5 Å². The molecule has 5 nitrogen and oxygen atoms in total. The van der Waals surface area contributed by atoms with Gasteiger partial charge in [-0.1, -0.05) is 67.1 Å². The summed E-state index contributed by atoms with van der Waals surface area (Å²) in [6.45, 7) is 4.90. The van der Waals surface area contributed by atoms with E-state index in [2.05, 4.69) is 36.5 Å². The quantitative estimate of drug-likeness (QED) is 0.813. The van der Waals surface area contributed by atoms with Gasteiger partial charge in [0.15, 0.2) is 0 Å². The zero-order valence-corrected chi connectivity index (χ0v) is 15.5. The summed E-state index contributed by atoms with van der Waals surface area (Å²) in [4.78, 5) is 28.9. The molecule has 0 radical (unpaired) electrons. The SMILES string of the molecule is CCC1(c2ccccc2)NC(=O)N(CN(C)Cc2ccc(C)cc2)C1=O. The van der Waals surface area contributed by atoms with Gasteiger partial charge in [0, 0.05) is 6.54 Å². The number of carbonyl (C=O) groups is 2. The van der Waals surface area contributed by atoms with Gasteiger partial charge in [-0.15, -0.1) is 0 Å². The highest BCUT2D eigenvalue weighted by Gasteiger charge is 2.51. The zero-order valence-electron chi connectivity index (χ0n) is 15.5.